The van der Waals surface area contributed by atoms with Crippen molar-refractivity contribution in [3.8, 4) is 0 Å². The van der Waals surface area contributed by atoms with E-state index in [0.717, 1.165) is 12.8 Å². The Morgan fingerprint density at radius 2 is 1.70 bits per heavy atom. The van der Waals surface area contributed by atoms with Crippen molar-refractivity contribution in [3.63, 3.8) is 0 Å². The topological polar surface area (TPSA) is 173 Å². The smallest absolute Gasteiger partial charge is 0.290 e. The number of imidazole rings is 1. The standard InChI is InChI=1S/C17H21N5O4S.CH2O2/c1-22-10-19-9-15(22)17(24)21-13-5-4-12(8-13)20-16(23)11-2-6-14(7-3-11)27(18,25)26;2-1-3/h2-3,6-7,9-10,12-13H,4-5,8H2,1H3,(H,20,23)(H,21,24)(H2,18,25,26);1H,(H,2,3)/t12-,13+;/m0./s1. The van der Waals surface area contributed by atoms with Crippen LogP contribution in [0.4, 0.5) is 0 Å². The van der Waals surface area contributed by atoms with Crippen LogP contribution in [0.3, 0.4) is 0 Å². The molecule has 0 bridgehead atoms. The number of carbonyl (C=O) groups excluding carboxylic acids is 2. The molecule has 0 unspecified atom stereocenters. The highest BCUT2D eigenvalue weighted by atomic mass is 32.2. The van der Waals surface area contributed by atoms with Gasteiger partial charge in [0, 0.05) is 24.7 Å². The molecule has 5 N–H and O–H groups in total. The van der Waals surface area contributed by atoms with Gasteiger partial charge in [0.15, 0.2) is 0 Å². The number of aryl methyl sites for hydroxylation is 1. The molecule has 2 atom stereocenters. The summed E-state index contributed by atoms with van der Waals surface area (Å²) in [5.74, 6) is -0.481. The molecule has 162 valence electrons. The SMILES string of the molecule is Cn1cncc1C(=O)N[C@@H]1CC[C@H](NC(=O)c2ccc(S(N)(=O)=O)cc2)C1.O=CO. The van der Waals surface area contributed by atoms with Gasteiger partial charge < -0.3 is 20.3 Å². The van der Waals surface area contributed by atoms with Gasteiger partial charge in [-0.3, -0.25) is 14.4 Å². The molecular formula is C18H23N5O6S. The average molecular weight is 437 g/mol. The third-order valence-electron chi connectivity index (χ3n) is 4.60. The third kappa shape index (κ3) is 6.12. The number of rotatable bonds is 5. The zero-order valence-corrected chi connectivity index (χ0v) is 17.0. The lowest BCUT2D eigenvalue weighted by Gasteiger charge is -2.15. The molecule has 1 aromatic heterocycles. The van der Waals surface area contributed by atoms with Crippen molar-refractivity contribution in [1.29, 1.82) is 0 Å². The second-order valence-corrected chi connectivity index (χ2v) is 8.28. The number of carboxylic acid groups (broad SMARTS) is 1. The van der Waals surface area contributed by atoms with Crippen molar-refractivity contribution in [2.45, 2.75) is 36.2 Å². The van der Waals surface area contributed by atoms with Crippen LogP contribution in [0.15, 0.2) is 41.7 Å². The fourth-order valence-electron chi connectivity index (χ4n) is 3.14. The van der Waals surface area contributed by atoms with Crippen LogP contribution in [0.25, 0.3) is 0 Å². The van der Waals surface area contributed by atoms with Crippen molar-refractivity contribution >= 4 is 28.3 Å². The van der Waals surface area contributed by atoms with E-state index < -0.39 is 10.0 Å². The number of amides is 2. The summed E-state index contributed by atoms with van der Waals surface area (Å²) in [4.78, 5) is 36.8. The second-order valence-electron chi connectivity index (χ2n) is 6.72. The molecule has 2 aromatic rings. The lowest BCUT2D eigenvalue weighted by molar-refractivity contribution is -0.122. The zero-order chi connectivity index (χ0) is 22.3. The Bertz CT molecular complexity index is 1000. The van der Waals surface area contributed by atoms with Gasteiger partial charge in [-0.05, 0) is 43.5 Å². The molecule has 1 heterocycles. The third-order valence-corrected chi connectivity index (χ3v) is 5.53. The summed E-state index contributed by atoms with van der Waals surface area (Å²) in [6.07, 6.45) is 5.21. The first kappa shape index (κ1) is 23.0. The van der Waals surface area contributed by atoms with E-state index >= 15 is 0 Å². The highest BCUT2D eigenvalue weighted by Gasteiger charge is 2.28. The monoisotopic (exact) mass is 437 g/mol. The minimum Gasteiger partial charge on any atom is -0.483 e. The second kappa shape index (κ2) is 9.98. The minimum absolute atomic E-state index is 0.0255. The molecule has 1 aliphatic carbocycles. The molecule has 1 aromatic carbocycles. The van der Waals surface area contributed by atoms with Crippen LogP contribution >= 0.6 is 0 Å². The largest absolute Gasteiger partial charge is 0.483 e. The van der Waals surface area contributed by atoms with Gasteiger partial charge in [-0.15, -0.1) is 0 Å². The Morgan fingerprint density at radius 1 is 1.17 bits per heavy atom. The summed E-state index contributed by atoms with van der Waals surface area (Å²) in [6.45, 7) is -0.250. The lowest BCUT2D eigenvalue weighted by atomic mass is 10.1. The molecule has 12 heteroatoms. The van der Waals surface area contributed by atoms with E-state index in [4.69, 9.17) is 15.0 Å². The Kier molecular flexibility index (Phi) is 7.66. The molecule has 0 radical (unpaired) electrons. The fourth-order valence-corrected chi connectivity index (χ4v) is 3.66. The Hall–Kier alpha value is -3.25. The zero-order valence-electron chi connectivity index (χ0n) is 16.2. The number of nitrogens with two attached hydrogens (primary N) is 1. The van der Waals surface area contributed by atoms with Gasteiger partial charge in [0.1, 0.15) is 5.69 Å². The highest BCUT2D eigenvalue weighted by Crippen LogP contribution is 2.20. The van der Waals surface area contributed by atoms with Crippen LogP contribution in [0.1, 0.15) is 40.1 Å². The van der Waals surface area contributed by atoms with Gasteiger partial charge in [0.05, 0.1) is 17.4 Å². The van der Waals surface area contributed by atoms with E-state index in [0.29, 0.717) is 17.7 Å². The quantitative estimate of drug-likeness (QED) is 0.471. The number of aromatic nitrogens is 2. The summed E-state index contributed by atoms with van der Waals surface area (Å²) < 4.78 is 24.2. The molecule has 11 nitrogen and oxygen atoms in total. The summed E-state index contributed by atoms with van der Waals surface area (Å²) in [5.41, 5.74) is 0.835. The fraction of sp³-hybridized carbons (Fsp3) is 0.333. The first-order valence-corrected chi connectivity index (χ1v) is 10.5. The molecule has 0 aliphatic heterocycles. The van der Waals surface area contributed by atoms with Crippen molar-refractivity contribution in [2.75, 3.05) is 0 Å². The number of nitrogens with one attached hydrogen (secondary N) is 2. The number of carbonyl (C=O) groups is 3. The van der Waals surface area contributed by atoms with Crippen LogP contribution in [0, 0.1) is 0 Å². The average Bonchev–Trinajstić information content (AvgIpc) is 3.30. The van der Waals surface area contributed by atoms with Crippen LogP contribution < -0.4 is 15.8 Å². The van der Waals surface area contributed by atoms with Crippen LogP contribution in [-0.4, -0.2) is 53.4 Å². The number of hydrogen-bond donors (Lipinski definition) is 4. The molecule has 0 saturated heterocycles. The molecule has 3 rings (SSSR count). The predicted molar refractivity (Wildman–Crippen MR) is 106 cm³/mol. The molecule has 0 spiro atoms. The number of sulfonamides is 1. The van der Waals surface area contributed by atoms with Gasteiger partial charge in [-0.1, -0.05) is 0 Å². The van der Waals surface area contributed by atoms with E-state index in [1.807, 2.05) is 0 Å². The Labute approximate surface area is 173 Å². The number of primary sulfonamides is 1. The summed E-state index contributed by atoms with van der Waals surface area (Å²) in [5, 5.41) is 17.8. The number of hydrogen-bond acceptors (Lipinski definition) is 6. The highest BCUT2D eigenvalue weighted by molar-refractivity contribution is 7.89. The van der Waals surface area contributed by atoms with E-state index in [2.05, 4.69) is 15.6 Å². The molecule has 30 heavy (non-hydrogen) atoms. The van der Waals surface area contributed by atoms with Crippen molar-refractivity contribution in [3.05, 3.63) is 48.0 Å². The molecule has 1 saturated carbocycles. The molecule has 1 fully saturated rings. The number of benzene rings is 1. The Balaban J connectivity index is 0.00000101. The van der Waals surface area contributed by atoms with E-state index in [9.17, 15) is 18.0 Å². The summed E-state index contributed by atoms with van der Waals surface area (Å²) in [6, 6.07) is 5.36. The van der Waals surface area contributed by atoms with Crippen molar-refractivity contribution in [2.24, 2.45) is 12.2 Å². The van der Waals surface area contributed by atoms with Crippen LogP contribution in [0.5, 0.6) is 0 Å². The number of nitrogens with zero attached hydrogens (tertiary/aromatic N) is 2. The maximum absolute atomic E-state index is 12.3. The Morgan fingerprint density at radius 3 is 2.17 bits per heavy atom. The van der Waals surface area contributed by atoms with Gasteiger partial charge in [-0.25, -0.2) is 18.5 Å². The van der Waals surface area contributed by atoms with Crippen molar-refractivity contribution in [1.82, 2.24) is 20.2 Å². The predicted octanol–water partition coefficient (Wildman–Crippen LogP) is -0.151. The maximum Gasteiger partial charge on any atom is 0.290 e. The summed E-state index contributed by atoms with van der Waals surface area (Å²) >= 11 is 0. The van der Waals surface area contributed by atoms with Gasteiger partial charge in [0.2, 0.25) is 10.0 Å². The van der Waals surface area contributed by atoms with E-state index in [1.165, 1.54) is 30.5 Å². The van der Waals surface area contributed by atoms with Crippen LogP contribution in [0.2, 0.25) is 0 Å². The van der Waals surface area contributed by atoms with E-state index in [-0.39, 0.29) is 35.3 Å². The first-order chi connectivity index (χ1) is 14.2. The minimum atomic E-state index is -3.79. The molecule has 1 aliphatic rings. The first-order valence-electron chi connectivity index (χ1n) is 8.94. The normalized spacial score (nSPS) is 18.1. The van der Waals surface area contributed by atoms with E-state index in [1.54, 1.807) is 17.9 Å². The molecule has 2 amide bonds. The van der Waals surface area contributed by atoms with Crippen LogP contribution in [-0.2, 0) is 21.9 Å². The molecular weight excluding hydrogens is 414 g/mol. The summed E-state index contributed by atoms with van der Waals surface area (Å²) in [7, 11) is -2.04. The van der Waals surface area contributed by atoms with Gasteiger partial charge >= 0.3 is 0 Å². The maximum atomic E-state index is 12.3. The van der Waals surface area contributed by atoms with Gasteiger partial charge in [-0.2, -0.15) is 0 Å². The van der Waals surface area contributed by atoms with Crippen molar-refractivity contribution < 1.29 is 27.9 Å². The van der Waals surface area contributed by atoms with Gasteiger partial charge in [0.25, 0.3) is 18.3 Å². The lowest BCUT2D eigenvalue weighted by Crippen LogP contribution is -2.37.